The van der Waals surface area contributed by atoms with Gasteiger partial charge in [-0.3, -0.25) is 5.43 Å². The van der Waals surface area contributed by atoms with Crippen molar-refractivity contribution in [2.24, 2.45) is 0 Å². The predicted molar refractivity (Wildman–Crippen MR) is 80.9 cm³/mol. The van der Waals surface area contributed by atoms with E-state index >= 15 is 0 Å². The number of urea groups is 1. The summed E-state index contributed by atoms with van der Waals surface area (Å²) in [7, 11) is 3.55. The third-order valence-electron chi connectivity index (χ3n) is 2.81. The van der Waals surface area contributed by atoms with Crippen LogP contribution in [0.4, 0.5) is 4.79 Å². The molecule has 2 N–H and O–H groups in total. The zero-order valence-corrected chi connectivity index (χ0v) is 11.8. The molecule has 0 spiro atoms. The molecular formula is C16H19N3O. The van der Waals surface area contributed by atoms with Crippen molar-refractivity contribution in [2.45, 2.75) is 6.54 Å². The predicted octanol–water partition coefficient (Wildman–Crippen LogP) is 2.63. The van der Waals surface area contributed by atoms with Gasteiger partial charge in [0.1, 0.15) is 0 Å². The number of benzene rings is 2. The van der Waals surface area contributed by atoms with Gasteiger partial charge >= 0.3 is 6.03 Å². The lowest BCUT2D eigenvalue weighted by Gasteiger charge is -2.13. The molecule has 0 aliphatic heterocycles. The number of rotatable bonds is 4. The van der Waals surface area contributed by atoms with Crippen molar-refractivity contribution in [1.82, 2.24) is 15.8 Å². The molecule has 20 heavy (non-hydrogen) atoms. The first-order valence-corrected chi connectivity index (χ1v) is 6.51. The summed E-state index contributed by atoms with van der Waals surface area (Å²) in [5.41, 5.74) is 6.04. The van der Waals surface area contributed by atoms with E-state index < -0.39 is 0 Å². The molecule has 4 nitrogen and oxygen atoms in total. The number of hydrogen-bond acceptors (Lipinski definition) is 2. The molecule has 0 saturated heterocycles. The topological polar surface area (TPSA) is 44.4 Å². The second-order valence-electron chi connectivity index (χ2n) is 4.76. The van der Waals surface area contributed by atoms with Gasteiger partial charge in [0.25, 0.3) is 0 Å². The second-order valence-corrected chi connectivity index (χ2v) is 4.76. The van der Waals surface area contributed by atoms with E-state index in [1.165, 1.54) is 5.56 Å². The first-order chi connectivity index (χ1) is 9.65. The van der Waals surface area contributed by atoms with Crippen molar-refractivity contribution in [3.05, 3.63) is 60.2 Å². The SMILES string of the molecule is CN(C)NC(=O)NCc1cccc(-c2ccccc2)c1. The summed E-state index contributed by atoms with van der Waals surface area (Å²) in [6, 6.07) is 18.1. The highest BCUT2D eigenvalue weighted by Gasteiger charge is 2.02. The van der Waals surface area contributed by atoms with Crippen molar-refractivity contribution in [3.63, 3.8) is 0 Å². The molecule has 0 aromatic heterocycles. The van der Waals surface area contributed by atoms with E-state index in [0.29, 0.717) is 6.54 Å². The minimum atomic E-state index is -0.208. The number of carbonyl (C=O) groups excluding carboxylic acids is 1. The number of nitrogens with zero attached hydrogens (tertiary/aromatic N) is 1. The van der Waals surface area contributed by atoms with Crippen LogP contribution in [0.3, 0.4) is 0 Å². The molecule has 0 saturated carbocycles. The molecule has 0 atom stereocenters. The Hall–Kier alpha value is -2.33. The summed E-state index contributed by atoms with van der Waals surface area (Å²) in [5.74, 6) is 0. The van der Waals surface area contributed by atoms with Gasteiger partial charge in [-0.2, -0.15) is 0 Å². The third kappa shape index (κ3) is 4.10. The van der Waals surface area contributed by atoms with Crippen LogP contribution in [0, 0.1) is 0 Å². The maximum Gasteiger partial charge on any atom is 0.329 e. The fourth-order valence-electron chi connectivity index (χ4n) is 1.92. The Morgan fingerprint density at radius 2 is 1.70 bits per heavy atom. The maximum absolute atomic E-state index is 11.5. The average molecular weight is 269 g/mol. The molecule has 0 unspecified atom stereocenters. The van der Waals surface area contributed by atoms with Crippen LogP contribution in [0.2, 0.25) is 0 Å². The van der Waals surface area contributed by atoms with Crippen molar-refractivity contribution >= 4 is 6.03 Å². The monoisotopic (exact) mass is 269 g/mol. The summed E-state index contributed by atoms with van der Waals surface area (Å²) in [4.78, 5) is 11.5. The molecule has 0 aliphatic carbocycles. The highest BCUT2D eigenvalue weighted by atomic mass is 16.2. The number of hydrazine groups is 1. The largest absolute Gasteiger partial charge is 0.333 e. The Labute approximate surface area is 119 Å². The Morgan fingerprint density at radius 1 is 1.00 bits per heavy atom. The van der Waals surface area contributed by atoms with Crippen LogP contribution in [0.5, 0.6) is 0 Å². The summed E-state index contributed by atoms with van der Waals surface area (Å²) >= 11 is 0. The van der Waals surface area contributed by atoms with Crippen LogP contribution in [0.25, 0.3) is 11.1 Å². The van der Waals surface area contributed by atoms with Crippen LogP contribution < -0.4 is 10.7 Å². The fraction of sp³-hybridized carbons (Fsp3) is 0.188. The molecule has 0 fully saturated rings. The molecular weight excluding hydrogens is 250 g/mol. The van der Waals surface area contributed by atoms with Crippen LogP contribution in [-0.2, 0) is 6.54 Å². The lowest BCUT2D eigenvalue weighted by atomic mass is 10.0. The molecule has 2 aromatic rings. The zero-order valence-electron chi connectivity index (χ0n) is 11.8. The fourth-order valence-corrected chi connectivity index (χ4v) is 1.92. The minimum absolute atomic E-state index is 0.208. The van der Waals surface area contributed by atoms with E-state index in [4.69, 9.17) is 0 Å². The first kappa shape index (κ1) is 14.1. The van der Waals surface area contributed by atoms with Crippen molar-refractivity contribution in [2.75, 3.05) is 14.1 Å². The number of amides is 2. The molecule has 0 aliphatic rings. The third-order valence-corrected chi connectivity index (χ3v) is 2.81. The molecule has 104 valence electrons. The lowest BCUT2D eigenvalue weighted by Crippen LogP contribution is -2.42. The van der Waals surface area contributed by atoms with Gasteiger partial charge in [0.2, 0.25) is 0 Å². The molecule has 0 heterocycles. The Bertz CT molecular complexity index is 567. The Balaban J connectivity index is 2.02. The van der Waals surface area contributed by atoms with Crippen LogP contribution in [0.1, 0.15) is 5.56 Å². The van der Waals surface area contributed by atoms with Crippen LogP contribution in [-0.4, -0.2) is 25.1 Å². The highest BCUT2D eigenvalue weighted by Crippen LogP contribution is 2.19. The van der Waals surface area contributed by atoms with Crippen molar-refractivity contribution in [3.8, 4) is 11.1 Å². The van der Waals surface area contributed by atoms with Gasteiger partial charge in [-0.05, 0) is 22.8 Å². The molecule has 2 rings (SSSR count). The average Bonchev–Trinajstić information content (AvgIpc) is 2.46. The van der Waals surface area contributed by atoms with Gasteiger partial charge in [-0.15, -0.1) is 0 Å². The van der Waals surface area contributed by atoms with Gasteiger partial charge < -0.3 is 5.32 Å². The summed E-state index contributed by atoms with van der Waals surface area (Å²) < 4.78 is 0. The van der Waals surface area contributed by atoms with E-state index in [1.807, 2.05) is 30.3 Å². The van der Waals surface area contributed by atoms with Gasteiger partial charge in [0.15, 0.2) is 0 Å². The van der Waals surface area contributed by atoms with E-state index in [-0.39, 0.29) is 6.03 Å². The van der Waals surface area contributed by atoms with Crippen molar-refractivity contribution < 1.29 is 4.79 Å². The molecule has 2 aromatic carbocycles. The summed E-state index contributed by atoms with van der Waals surface area (Å²) in [5, 5.41) is 4.42. The van der Waals surface area contributed by atoms with Crippen LogP contribution in [0.15, 0.2) is 54.6 Å². The normalized spacial score (nSPS) is 10.3. The van der Waals surface area contributed by atoms with Gasteiger partial charge in [-0.25, -0.2) is 9.80 Å². The second kappa shape index (κ2) is 6.73. The van der Waals surface area contributed by atoms with Crippen LogP contribution >= 0.6 is 0 Å². The molecule has 4 heteroatoms. The van der Waals surface area contributed by atoms with Crippen molar-refractivity contribution in [1.29, 1.82) is 0 Å². The highest BCUT2D eigenvalue weighted by molar-refractivity contribution is 5.73. The number of nitrogens with one attached hydrogen (secondary N) is 2. The Kier molecular flexibility index (Phi) is 4.74. The summed E-state index contributed by atoms with van der Waals surface area (Å²) in [6.45, 7) is 0.500. The van der Waals surface area contributed by atoms with Gasteiger partial charge in [0, 0.05) is 20.6 Å². The molecule has 0 bridgehead atoms. The molecule has 2 amide bonds. The zero-order chi connectivity index (χ0) is 14.4. The van der Waals surface area contributed by atoms with Gasteiger partial charge in [0.05, 0.1) is 0 Å². The molecule has 0 radical (unpaired) electrons. The quantitative estimate of drug-likeness (QED) is 0.838. The Morgan fingerprint density at radius 3 is 2.40 bits per heavy atom. The first-order valence-electron chi connectivity index (χ1n) is 6.51. The van der Waals surface area contributed by atoms with E-state index in [1.54, 1.807) is 19.1 Å². The number of carbonyl (C=O) groups is 1. The maximum atomic E-state index is 11.5. The van der Waals surface area contributed by atoms with E-state index in [0.717, 1.165) is 11.1 Å². The smallest absolute Gasteiger partial charge is 0.329 e. The summed E-state index contributed by atoms with van der Waals surface area (Å²) in [6.07, 6.45) is 0. The van der Waals surface area contributed by atoms with Gasteiger partial charge in [-0.1, -0.05) is 48.5 Å². The minimum Gasteiger partial charge on any atom is -0.333 e. The standard InChI is InChI=1S/C16H19N3O/c1-19(2)18-16(20)17-12-13-7-6-10-15(11-13)14-8-4-3-5-9-14/h3-11H,12H2,1-2H3,(H2,17,18,20). The number of hydrogen-bond donors (Lipinski definition) is 2. The lowest BCUT2D eigenvalue weighted by molar-refractivity contribution is 0.212. The van der Waals surface area contributed by atoms with E-state index in [9.17, 15) is 4.79 Å². The van der Waals surface area contributed by atoms with E-state index in [2.05, 4.69) is 35.0 Å².